The van der Waals surface area contributed by atoms with E-state index in [4.69, 9.17) is 5.11 Å². The molecular formula is C13H13N3O3S. The lowest BCUT2D eigenvalue weighted by atomic mass is 10.2. The van der Waals surface area contributed by atoms with Crippen LogP contribution in [-0.4, -0.2) is 27.0 Å². The number of carbonyl (C=O) groups excluding carboxylic acids is 1. The first-order chi connectivity index (χ1) is 9.66. The van der Waals surface area contributed by atoms with Crippen LogP contribution in [-0.2, 0) is 11.2 Å². The molecule has 20 heavy (non-hydrogen) atoms. The molecule has 0 spiro atoms. The number of anilines is 1. The minimum Gasteiger partial charge on any atom is -0.476 e. The summed E-state index contributed by atoms with van der Waals surface area (Å²) < 4.78 is 0. The highest BCUT2D eigenvalue weighted by Gasteiger charge is 2.14. The average Bonchev–Trinajstić information content (AvgIpc) is 2.92. The predicted octanol–water partition coefficient (Wildman–Crippen LogP) is 2.20. The number of nitrogens with zero attached hydrogens (tertiary/aromatic N) is 2. The van der Waals surface area contributed by atoms with Crippen LogP contribution >= 0.6 is 11.3 Å². The van der Waals surface area contributed by atoms with Crippen LogP contribution in [0.3, 0.4) is 0 Å². The summed E-state index contributed by atoms with van der Waals surface area (Å²) >= 11 is 1.65. The van der Waals surface area contributed by atoms with Crippen LogP contribution in [0.25, 0.3) is 0 Å². The SMILES string of the molecule is O=C(CCCc1cccs1)Nc1nccnc1C(=O)O. The number of hydrogen-bond acceptors (Lipinski definition) is 5. The van der Waals surface area contributed by atoms with Crippen LogP contribution < -0.4 is 5.32 Å². The summed E-state index contributed by atoms with van der Waals surface area (Å²) in [5.74, 6) is -1.49. The maximum Gasteiger partial charge on any atom is 0.358 e. The van der Waals surface area contributed by atoms with Crippen molar-refractivity contribution in [3.63, 3.8) is 0 Å². The monoisotopic (exact) mass is 291 g/mol. The molecule has 0 aliphatic carbocycles. The zero-order valence-electron chi connectivity index (χ0n) is 10.6. The highest BCUT2D eigenvalue weighted by molar-refractivity contribution is 7.09. The molecule has 2 aromatic heterocycles. The number of nitrogens with one attached hydrogen (secondary N) is 1. The van der Waals surface area contributed by atoms with Crippen molar-refractivity contribution in [2.45, 2.75) is 19.3 Å². The van der Waals surface area contributed by atoms with Crippen molar-refractivity contribution in [1.82, 2.24) is 9.97 Å². The van der Waals surface area contributed by atoms with Gasteiger partial charge in [-0.2, -0.15) is 0 Å². The minimum atomic E-state index is -1.22. The third kappa shape index (κ3) is 3.86. The molecule has 0 aromatic carbocycles. The zero-order valence-corrected chi connectivity index (χ0v) is 11.4. The van der Waals surface area contributed by atoms with Crippen LogP contribution in [0.4, 0.5) is 5.82 Å². The fourth-order valence-electron chi connectivity index (χ4n) is 1.66. The van der Waals surface area contributed by atoms with Crippen LogP contribution in [0.2, 0.25) is 0 Å². The highest BCUT2D eigenvalue weighted by atomic mass is 32.1. The van der Waals surface area contributed by atoms with Crippen molar-refractivity contribution < 1.29 is 14.7 Å². The fourth-order valence-corrected chi connectivity index (χ4v) is 2.41. The number of thiophene rings is 1. The summed E-state index contributed by atoms with van der Waals surface area (Å²) in [7, 11) is 0. The normalized spacial score (nSPS) is 10.2. The number of aromatic carboxylic acids is 1. The van der Waals surface area contributed by atoms with Gasteiger partial charge in [0, 0.05) is 23.7 Å². The highest BCUT2D eigenvalue weighted by Crippen LogP contribution is 2.13. The Morgan fingerprint density at radius 3 is 2.80 bits per heavy atom. The third-order valence-electron chi connectivity index (χ3n) is 2.57. The molecule has 0 atom stereocenters. The second-order valence-electron chi connectivity index (χ2n) is 4.04. The predicted molar refractivity (Wildman–Crippen MR) is 74.9 cm³/mol. The van der Waals surface area contributed by atoms with E-state index in [2.05, 4.69) is 15.3 Å². The number of amides is 1. The van der Waals surface area contributed by atoms with Crippen molar-refractivity contribution in [3.05, 3.63) is 40.5 Å². The van der Waals surface area contributed by atoms with E-state index >= 15 is 0 Å². The van der Waals surface area contributed by atoms with E-state index < -0.39 is 5.97 Å². The van der Waals surface area contributed by atoms with Crippen LogP contribution in [0.1, 0.15) is 28.2 Å². The fraction of sp³-hybridized carbons (Fsp3) is 0.231. The summed E-state index contributed by atoms with van der Waals surface area (Å²) in [5.41, 5.74) is -0.251. The van der Waals surface area contributed by atoms with Crippen molar-refractivity contribution >= 4 is 29.0 Å². The number of aryl methyl sites for hydroxylation is 1. The second kappa shape index (κ2) is 6.76. The first-order valence-electron chi connectivity index (χ1n) is 6.03. The van der Waals surface area contributed by atoms with E-state index in [1.165, 1.54) is 17.3 Å². The lowest BCUT2D eigenvalue weighted by Gasteiger charge is -2.05. The van der Waals surface area contributed by atoms with Gasteiger partial charge in [0.1, 0.15) is 0 Å². The van der Waals surface area contributed by atoms with Gasteiger partial charge in [0.25, 0.3) is 0 Å². The van der Waals surface area contributed by atoms with Crippen molar-refractivity contribution in [2.24, 2.45) is 0 Å². The molecule has 0 radical (unpaired) electrons. The number of carboxylic acid groups (broad SMARTS) is 1. The smallest absolute Gasteiger partial charge is 0.358 e. The topological polar surface area (TPSA) is 92.2 Å². The molecule has 0 unspecified atom stereocenters. The van der Waals surface area contributed by atoms with Crippen LogP contribution in [0, 0.1) is 0 Å². The van der Waals surface area contributed by atoms with Gasteiger partial charge in [0.15, 0.2) is 11.5 Å². The zero-order chi connectivity index (χ0) is 14.4. The molecule has 0 saturated carbocycles. The molecule has 1 amide bonds. The molecule has 2 N–H and O–H groups in total. The van der Waals surface area contributed by atoms with Gasteiger partial charge < -0.3 is 10.4 Å². The number of aromatic nitrogens is 2. The lowest BCUT2D eigenvalue weighted by Crippen LogP contribution is -2.16. The van der Waals surface area contributed by atoms with Gasteiger partial charge >= 0.3 is 5.97 Å². The first-order valence-corrected chi connectivity index (χ1v) is 6.91. The molecule has 104 valence electrons. The summed E-state index contributed by atoms with van der Waals surface area (Å²) in [4.78, 5) is 31.4. The molecule has 6 nitrogen and oxygen atoms in total. The molecule has 0 fully saturated rings. The average molecular weight is 291 g/mol. The number of rotatable bonds is 6. The Bertz CT molecular complexity index is 599. The van der Waals surface area contributed by atoms with Crippen LogP contribution in [0.5, 0.6) is 0 Å². The second-order valence-corrected chi connectivity index (χ2v) is 5.07. The maximum atomic E-state index is 11.7. The molecule has 2 rings (SSSR count). The molecule has 0 aliphatic rings. The Hall–Kier alpha value is -2.28. The van der Waals surface area contributed by atoms with E-state index in [1.807, 2.05) is 17.5 Å². The lowest BCUT2D eigenvalue weighted by molar-refractivity contribution is -0.116. The largest absolute Gasteiger partial charge is 0.476 e. The van der Waals surface area contributed by atoms with Crippen molar-refractivity contribution in [3.8, 4) is 0 Å². The van der Waals surface area contributed by atoms with Crippen LogP contribution in [0.15, 0.2) is 29.9 Å². The summed E-state index contributed by atoms with van der Waals surface area (Å²) in [6.45, 7) is 0. The van der Waals surface area contributed by atoms with E-state index in [0.29, 0.717) is 12.8 Å². The van der Waals surface area contributed by atoms with Gasteiger partial charge in [-0.15, -0.1) is 11.3 Å². The number of carbonyl (C=O) groups is 2. The maximum absolute atomic E-state index is 11.7. The Labute approximate surface area is 119 Å². The molecule has 0 aliphatic heterocycles. The van der Waals surface area contributed by atoms with Crippen molar-refractivity contribution in [1.29, 1.82) is 0 Å². The Morgan fingerprint density at radius 1 is 1.30 bits per heavy atom. The molecule has 0 bridgehead atoms. The summed E-state index contributed by atoms with van der Waals surface area (Å²) in [6, 6.07) is 3.99. The Morgan fingerprint density at radius 2 is 2.10 bits per heavy atom. The number of carboxylic acids is 1. The third-order valence-corrected chi connectivity index (χ3v) is 3.50. The van der Waals surface area contributed by atoms with E-state index in [9.17, 15) is 9.59 Å². The molecule has 0 saturated heterocycles. The van der Waals surface area contributed by atoms with Gasteiger partial charge in [-0.1, -0.05) is 6.07 Å². The van der Waals surface area contributed by atoms with Gasteiger partial charge in [0.05, 0.1) is 0 Å². The van der Waals surface area contributed by atoms with Crippen molar-refractivity contribution in [2.75, 3.05) is 5.32 Å². The Kier molecular flexibility index (Phi) is 4.78. The molecule has 2 heterocycles. The molecule has 2 aromatic rings. The summed E-state index contributed by atoms with van der Waals surface area (Å²) in [6.07, 6.45) is 4.46. The summed E-state index contributed by atoms with van der Waals surface area (Å²) in [5, 5.41) is 13.4. The number of hydrogen-bond donors (Lipinski definition) is 2. The minimum absolute atomic E-state index is 0.0128. The van der Waals surface area contributed by atoms with Gasteiger partial charge in [0.2, 0.25) is 5.91 Å². The van der Waals surface area contributed by atoms with Gasteiger partial charge in [-0.05, 0) is 24.3 Å². The van der Waals surface area contributed by atoms with E-state index in [0.717, 1.165) is 6.42 Å². The Balaban J connectivity index is 1.87. The molecular weight excluding hydrogens is 278 g/mol. The first kappa shape index (κ1) is 14.1. The van der Waals surface area contributed by atoms with Gasteiger partial charge in [-0.25, -0.2) is 14.8 Å². The van der Waals surface area contributed by atoms with E-state index in [-0.39, 0.29) is 17.4 Å². The standard InChI is InChI=1S/C13H13N3O3S/c17-10(5-1-3-9-4-2-8-20-9)16-12-11(13(18)19)14-6-7-15-12/h2,4,6-8H,1,3,5H2,(H,18,19)(H,15,16,17). The quantitative estimate of drug-likeness (QED) is 0.851. The molecule has 7 heteroatoms. The van der Waals surface area contributed by atoms with Gasteiger partial charge in [-0.3, -0.25) is 4.79 Å². The van der Waals surface area contributed by atoms with E-state index in [1.54, 1.807) is 11.3 Å².